The van der Waals surface area contributed by atoms with E-state index in [1.807, 2.05) is 20.8 Å². The Kier molecular flexibility index (Phi) is 5.19. The van der Waals surface area contributed by atoms with Crippen LogP contribution in [-0.2, 0) is 4.74 Å². The minimum absolute atomic E-state index is 0.111. The zero-order valence-electron chi connectivity index (χ0n) is 13.1. The number of rotatable bonds is 3. The first kappa shape index (κ1) is 16.9. The summed E-state index contributed by atoms with van der Waals surface area (Å²) in [5.74, 6) is 0.692. The lowest BCUT2D eigenvalue weighted by Crippen LogP contribution is -2.41. The molecule has 1 aromatic rings. The van der Waals surface area contributed by atoms with Crippen LogP contribution in [0.15, 0.2) is 24.3 Å². The zero-order valence-corrected chi connectivity index (χ0v) is 13.8. The number of likely N-dealkylation sites (tertiary alicyclic amines) is 1. The maximum atomic E-state index is 12.2. The van der Waals surface area contributed by atoms with Crippen molar-refractivity contribution in [3.05, 3.63) is 29.3 Å². The quantitative estimate of drug-likeness (QED) is 0.926. The Balaban J connectivity index is 1.99. The van der Waals surface area contributed by atoms with Crippen LogP contribution in [0.5, 0.6) is 5.75 Å². The van der Waals surface area contributed by atoms with Gasteiger partial charge in [0.05, 0.1) is 19.2 Å². The summed E-state index contributed by atoms with van der Waals surface area (Å²) in [6, 6.07) is 6.79. The third-order valence-corrected chi connectivity index (χ3v) is 3.58. The van der Waals surface area contributed by atoms with Crippen LogP contribution in [0.2, 0.25) is 5.02 Å². The maximum absolute atomic E-state index is 12.2. The van der Waals surface area contributed by atoms with Crippen molar-refractivity contribution in [1.82, 2.24) is 4.90 Å². The van der Waals surface area contributed by atoms with E-state index in [1.54, 1.807) is 24.3 Å². The molecular formula is C16H22ClNO4. The molecule has 1 aromatic carbocycles. The molecule has 2 rings (SSSR count). The molecule has 1 aliphatic rings. The highest BCUT2D eigenvalue weighted by atomic mass is 35.5. The van der Waals surface area contributed by atoms with Crippen molar-refractivity contribution in [2.45, 2.75) is 44.9 Å². The number of ether oxygens (including phenoxy) is 2. The zero-order chi connectivity index (χ0) is 16.3. The van der Waals surface area contributed by atoms with Crippen LogP contribution in [0.3, 0.4) is 0 Å². The summed E-state index contributed by atoms with van der Waals surface area (Å²) in [5, 5.41) is 10.1. The van der Waals surface area contributed by atoms with Gasteiger partial charge in [-0.3, -0.25) is 4.90 Å². The van der Waals surface area contributed by atoms with E-state index in [0.717, 1.165) is 0 Å². The molecule has 1 N–H and O–H groups in total. The Hall–Kier alpha value is -1.46. The van der Waals surface area contributed by atoms with Crippen LogP contribution in [0.1, 0.15) is 27.2 Å². The number of hydrogen-bond acceptors (Lipinski definition) is 4. The fourth-order valence-electron chi connectivity index (χ4n) is 2.38. The molecule has 0 spiro atoms. The van der Waals surface area contributed by atoms with Crippen molar-refractivity contribution in [3.8, 4) is 5.75 Å². The first-order valence-electron chi connectivity index (χ1n) is 7.31. The van der Waals surface area contributed by atoms with E-state index in [2.05, 4.69) is 0 Å². The van der Waals surface area contributed by atoms with Gasteiger partial charge in [-0.15, -0.1) is 0 Å². The number of halogens is 1. The van der Waals surface area contributed by atoms with Crippen molar-refractivity contribution in [1.29, 1.82) is 0 Å². The van der Waals surface area contributed by atoms with Gasteiger partial charge in [-0.1, -0.05) is 11.6 Å². The first-order chi connectivity index (χ1) is 10.3. The van der Waals surface area contributed by atoms with Crippen LogP contribution in [0, 0.1) is 0 Å². The molecule has 22 heavy (non-hydrogen) atoms. The van der Waals surface area contributed by atoms with Crippen molar-refractivity contribution in [2.75, 3.05) is 13.2 Å². The highest BCUT2D eigenvalue weighted by molar-refractivity contribution is 6.30. The van der Waals surface area contributed by atoms with Crippen LogP contribution in [0.25, 0.3) is 0 Å². The van der Waals surface area contributed by atoms with Gasteiger partial charge < -0.3 is 14.6 Å². The third-order valence-electron chi connectivity index (χ3n) is 3.33. The Bertz CT molecular complexity index is 512. The van der Waals surface area contributed by atoms with Gasteiger partial charge in [0.1, 0.15) is 17.5 Å². The van der Waals surface area contributed by atoms with Crippen molar-refractivity contribution >= 4 is 17.7 Å². The van der Waals surface area contributed by atoms with Gasteiger partial charge in [-0.05, 0) is 45.0 Å². The molecule has 1 heterocycles. The summed E-state index contributed by atoms with van der Waals surface area (Å²) in [4.78, 5) is 13.7. The molecule has 1 aliphatic heterocycles. The van der Waals surface area contributed by atoms with Gasteiger partial charge in [0.2, 0.25) is 0 Å². The third kappa shape index (κ3) is 4.52. The van der Waals surface area contributed by atoms with Crippen molar-refractivity contribution < 1.29 is 19.4 Å². The average molecular weight is 328 g/mol. The summed E-state index contributed by atoms with van der Waals surface area (Å²) in [6.07, 6.45) is -0.0298. The molecule has 0 unspecified atom stereocenters. The number of amides is 1. The summed E-state index contributed by atoms with van der Waals surface area (Å²) in [5.41, 5.74) is -0.563. The lowest BCUT2D eigenvalue weighted by Gasteiger charge is -2.27. The summed E-state index contributed by atoms with van der Waals surface area (Å²) in [6.45, 7) is 5.73. The van der Waals surface area contributed by atoms with E-state index in [-0.39, 0.29) is 18.8 Å². The fourth-order valence-corrected chi connectivity index (χ4v) is 2.51. The van der Waals surface area contributed by atoms with E-state index < -0.39 is 11.7 Å². The number of hydrogen-bond donors (Lipinski definition) is 1. The molecule has 1 fully saturated rings. The highest BCUT2D eigenvalue weighted by Crippen LogP contribution is 2.25. The number of benzene rings is 1. The van der Waals surface area contributed by atoms with Gasteiger partial charge in [-0.25, -0.2) is 4.79 Å². The molecular weight excluding hydrogens is 306 g/mol. The molecule has 0 aliphatic carbocycles. The summed E-state index contributed by atoms with van der Waals surface area (Å²) in [7, 11) is 0. The SMILES string of the molecule is CC(C)(C)OC(=O)N1C[C@@H](Oc2ccc(Cl)cc2)C[C@H]1CO. The summed E-state index contributed by atoms with van der Waals surface area (Å²) < 4.78 is 11.2. The molecule has 0 aromatic heterocycles. The van der Waals surface area contributed by atoms with Crippen molar-refractivity contribution in [2.24, 2.45) is 0 Å². The predicted molar refractivity (Wildman–Crippen MR) is 84.3 cm³/mol. The second kappa shape index (κ2) is 6.75. The summed E-state index contributed by atoms with van der Waals surface area (Å²) >= 11 is 5.84. The van der Waals surface area contributed by atoms with Gasteiger partial charge in [0.25, 0.3) is 0 Å². The monoisotopic (exact) mass is 327 g/mol. The molecule has 1 saturated heterocycles. The number of carbonyl (C=O) groups excluding carboxylic acids is 1. The Morgan fingerprint density at radius 1 is 1.36 bits per heavy atom. The molecule has 5 nitrogen and oxygen atoms in total. The van der Waals surface area contributed by atoms with Gasteiger partial charge in [-0.2, -0.15) is 0 Å². The Morgan fingerprint density at radius 2 is 2.00 bits per heavy atom. The Morgan fingerprint density at radius 3 is 2.55 bits per heavy atom. The second-order valence-corrected chi connectivity index (χ2v) is 6.84. The standard InChI is InChI=1S/C16H22ClNO4/c1-16(2,3)22-15(20)18-9-14(8-12(18)10-19)21-13-6-4-11(17)5-7-13/h4-7,12,14,19H,8-10H2,1-3H3/t12-,14-/m0/s1. The smallest absolute Gasteiger partial charge is 0.410 e. The van der Waals surface area contributed by atoms with Gasteiger partial charge in [0, 0.05) is 11.4 Å². The average Bonchev–Trinajstić information content (AvgIpc) is 2.83. The highest BCUT2D eigenvalue weighted by Gasteiger charge is 2.38. The lowest BCUT2D eigenvalue weighted by atomic mass is 10.2. The molecule has 0 radical (unpaired) electrons. The molecule has 122 valence electrons. The number of aliphatic hydroxyl groups is 1. The predicted octanol–water partition coefficient (Wildman–Crippen LogP) is 3.09. The number of nitrogens with zero attached hydrogens (tertiary/aromatic N) is 1. The second-order valence-electron chi connectivity index (χ2n) is 6.40. The van der Waals surface area contributed by atoms with E-state index in [1.165, 1.54) is 4.90 Å². The van der Waals surface area contributed by atoms with E-state index >= 15 is 0 Å². The van der Waals surface area contributed by atoms with Crippen LogP contribution in [-0.4, -0.2) is 47.0 Å². The van der Waals surface area contributed by atoms with E-state index in [4.69, 9.17) is 21.1 Å². The minimum atomic E-state index is -0.563. The lowest BCUT2D eigenvalue weighted by molar-refractivity contribution is 0.0165. The molecule has 0 bridgehead atoms. The maximum Gasteiger partial charge on any atom is 0.410 e. The van der Waals surface area contributed by atoms with Crippen LogP contribution in [0.4, 0.5) is 4.79 Å². The first-order valence-corrected chi connectivity index (χ1v) is 7.69. The molecule has 0 saturated carbocycles. The minimum Gasteiger partial charge on any atom is -0.489 e. The number of carbonyl (C=O) groups is 1. The molecule has 6 heteroatoms. The fraction of sp³-hybridized carbons (Fsp3) is 0.562. The van der Waals surface area contributed by atoms with Crippen LogP contribution < -0.4 is 4.74 Å². The molecule has 2 atom stereocenters. The molecule has 1 amide bonds. The normalized spacial score (nSPS) is 21.8. The van der Waals surface area contributed by atoms with Gasteiger partial charge in [0.15, 0.2) is 0 Å². The van der Waals surface area contributed by atoms with E-state index in [9.17, 15) is 9.90 Å². The number of aliphatic hydroxyl groups excluding tert-OH is 1. The van der Waals surface area contributed by atoms with Gasteiger partial charge >= 0.3 is 6.09 Å². The Labute approximate surface area is 135 Å². The van der Waals surface area contributed by atoms with Crippen LogP contribution >= 0.6 is 11.6 Å². The largest absolute Gasteiger partial charge is 0.489 e. The van der Waals surface area contributed by atoms with E-state index in [0.29, 0.717) is 23.7 Å². The topological polar surface area (TPSA) is 59.0 Å². The van der Waals surface area contributed by atoms with Crippen molar-refractivity contribution in [3.63, 3.8) is 0 Å².